The summed E-state index contributed by atoms with van der Waals surface area (Å²) in [5.41, 5.74) is 5.80. The molecule has 14 heavy (non-hydrogen) atoms. The molecule has 1 aromatic heterocycles. The Hall–Kier alpha value is -0.970. The second-order valence-corrected chi connectivity index (χ2v) is 3.98. The van der Waals surface area contributed by atoms with Gasteiger partial charge in [-0.3, -0.25) is 0 Å². The van der Waals surface area contributed by atoms with E-state index >= 15 is 0 Å². The molecule has 1 heterocycles. The average Bonchev–Trinajstić information content (AvgIpc) is 2.48. The van der Waals surface area contributed by atoms with Gasteiger partial charge in [-0.05, 0) is 20.8 Å². The van der Waals surface area contributed by atoms with Crippen molar-refractivity contribution in [2.24, 2.45) is 5.73 Å². The van der Waals surface area contributed by atoms with Crippen molar-refractivity contribution < 1.29 is 8.78 Å². The minimum Gasteiger partial charge on any atom is -0.324 e. The van der Waals surface area contributed by atoms with Crippen LogP contribution in [-0.4, -0.2) is 16.0 Å². The predicted octanol–water partition coefficient (Wildman–Crippen LogP) is 1.90. The molecule has 0 aliphatic heterocycles. The molecule has 80 valence electrons. The van der Waals surface area contributed by atoms with Gasteiger partial charge in [0.15, 0.2) is 0 Å². The molecule has 1 rings (SSSR count). The first-order chi connectivity index (χ1) is 6.34. The third kappa shape index (κ3) is 2.09. The number of halogens is 2. The Morgan fingerprint density at radius 2 is 2.07 bits per heavy atom. The van der Waals surface area contributed by atoms with E-state index < -0.39 is 18.0 Å². The van der Waals surface area contributed by atoms with E-state index in [-0.39, 0.29) is 0 Å². The Kier molecular flexibility index (Phi) is 2.89. The van der Waals surface area contributed by atoms with Crippen LogP contribution in [0.3, 0.4) is 0 Å². The average molecular weight is 203 g/mol. The van der Waals surface area contributed by atoms with Gasteiger partial charge in [0.25, 0.3) is 6.43 Å². The van der Waals surface area contributed by atoms with Crippen molar-refractivity contribution in [2.45, 2.75) is 38.8 Å². The van der Waals surface area contributed by atoms with Gasteiger partial charge in [0.2, 0.25) is 0 Å². The number of aromatic nitrogens is 2. The number of nitrogens with zero attached hydrogens (tertiary/aromatic N) is 2. The molecular weight excluding hydrogens is 188 g/mol. The van der Waals surface area contributed by atoms with Crippen molar-refractivity contribution in [2.75, 3.05) is 0 Å². The number of nitrogens with two attached hydrogens (primary N) is 1. The van der Waals surface area contributed by atoms with E-state index in [1.165, 1.54) is 24.0 Å². The van der Waals surface area contributed by atoms with E-state index in [0.29, 0.717) is 5.69 Å². The minimum atomic E-state index is -2.41. The Morgan fingerprint density at radius 3 is 2.50 bits per heavy atom. The topological polar surface area (TPSA) is 43.8 Å². The van der Waals surface area contributed by atoms with Gasteiger partial charge in [-0.2, -0.15) is 0 Å². The minimum absolute atomic E-state index is 0.616. The summed E-state index contributed by atoms with van der Waals surface area (Å²) in [5.74, 6) is 0. The van der Waals surface area contributed by atoms with E-state index in [4.69, 9.17) is 5.73 Å². The molecule has 0 fully saturated rings. The SMILES string of the molecule is CC(C(F)F)n1cncc1C(C)(C)N. The van der Waals surface area contributed by atoms with Crippen molar-refractivity contribution >= 4 is 0 Å². The van der Waals surface area contributed by atoms with Crippen molar-refractivity contribution in [1.29, 1.82) is 0 Å². The molecule has 0 spiro atoms. The molecule has 0 amide bonds. The number of hydrogen-bond donors (Lipinski definition) is 1. The molecule has 0 saturated carbocycles. The van der Waals surface area contributed by atoms with Crippen LogP contribution in [0.15, 0.2) is 12.5 Å². The Morgan fingerprint density at radius 1 is 1.50 bits per heavy atom. The Labute approximate surface area is 81.9 Å². The first-order valence-electron chi connectivity index (χ1n) is 4.43. The molecule has 3 nitrogen and oxygen atoms in total. The highest BCUT2D eigenvalue weighted by Crippen LogP contribution is 2.23. The molecule has 0 aliphatic rings. The zero-order valence-corrected chi connectivity index (χ0v) is 8.54. The normalized spacial score (nSPS) is 14.8. The van der Waals surface area contributed by atoms with Crippen LogP contribution in [0, 0.1) is 0 Å². The number of rotatable bonds is 3. The van der Waals surface area contributed by atoms with Gasteiger partial charge in [0, 0.05) is 6.20 Å². The highest BCUT2D eigenvalue weighted by atomic mass is 19.3. The van der Waals surface area contributed by atoms with Crippen LogP contribution in [0.4, 0.5) is 8.78 Å². The van der Waals surface area contributed by atoms with Crippen LogP contribution in [0.1, 0.15) is 32.5 Å². The van der Waals surface area contributed by atoms with Gasteiger partial charge in [-0.15, -0.1) is 0 Å². The second kappa shape index (κ2) is 3.65. The maximum absolute atomic E-state index is 12.5. The lowest BCUT2D eigenvalue weighted by Crippen LogP contribution is -2.33. The largest absolute Gasteiger partial charge is 0.324 e. The lowest BCUT2D eigenvalue weighted by atomic mass is 10.0. The molecule has 1 atom stereocenters. The van der Waals surface area contributed by atoms with Crippen LogP contribution in [0.25, 0.3) is 0 Å². The van der Waals surface area contributed by atoms with Gasteiger partial charge in [0.05, 0.1) is 23.6 Å². The van der Waals surface area contributed by atoms with Crippen molar-refractivity contribution in [3.63, 3.8) is 0 Å². The monoisotopic (exact) mass is 203 g/mol. The first-order valence-corrected chi connectivity index (χ1v) is 4.43. The van der Waals surface area contributed by atoms with E-state index in [1.807, 2.05) is 0 Å². The smallest absolute Gasteiger partial charge is 0.258 e. The van der Waals surface area contributed by atoms with Crippen LogP contribution >= 0.6 is 0 Å². The fourth-order valence-electron chi connectivity index (χ4n) is 1.25. The van der Waals surface area contributed by atoms with Gasteiger partial charge in [0.1, 0.15) is 0 Å². The lowest BCUT2D eigenvalue weighted by Gasteiger charge is -2.23. The molecule has 1 aromatic rings. The second-order valence-electron chi connectivity index (χ2n) is 3.98. The molecule has 2 N–H and O–H groups in total. The van der Waals surface area contributed by atoms with Crippen LogP contribution < -0.4 is 5.73 Å². The zero-order chi connectivity index (χ0) is 10.9. The van der Waals surface area contributed by atoms with Crippen LogP contribution in [0.5, 0.6) is 0 Å². The highest BCUT2D eigenvalue weighted by Gasteiger charge is 2.25. The van der Waals surface area contributed by atoms with E-state index in [2.05, 4.69) is 4.98 Å². The molecule has 5 heteroatoms. The van der Waals surface area contributed by atoms with Crippen molar-refractivity contribution in [1.82, 2.24) is 9.55 Å². The van der Waals surface area contributed by atoms with Gasteiger partial charge < -0.3 is 10.3 Å². The predicted molar refractivity (Wildman–Crippen MR) is 50.2 cm³/mol. The first kappa shape index (κ1) is 11.1. The summed E-state index contributed by atoms with van der Waals surface area (Å²) in [6.07, 6.45) is 0.505. The fraction of sp³-hybridized carbons (Fsp3) is 0.667. The standard InChI is InChI=1S/C9H15F2N3/c1-6(8(10)11)14-5-13-4-7(14)9(2,3)12/h4-6,8H,12H2,1-3H3. The Bertz CT molecular complexity index is 301. The molecule has 0 aliphatic carbocycles. The molecule has 0 aromatic carbocycles. The van der Waals surface area contributed by atoms with Gasteiger partial charge >= 0.3 is 0 Å². The summed E-state index contributed by atoms with van der Waals surface area (Å²) in [6, 6.07) is -0.893. The Balaban J connectivity index is 3.05. The number of alkyl halides is 2. The van der Waals surface area contributed by atoms with E-state index in [1.54, 1.807) is 13.8 Å². The van der Waals surface area contributed by atoms with E-state index in [9.17, 15) is 8.78 Å². The van der Waals surface area contributed by atoms with Crippen molar-refractivity contribution in [3.8, 4) is 0 Å². The maximum Gasteiger partial charge on any atom is 0.258 e. The summed E-state index contributed by atoms with van der Waals surface area (Å²) in [4.78, 5) is 3.84. The maximum atomic E-state index is 12.5. The number of imidazole rings is 1. The zero-order valence-electron chi connectivity index (χ0n) is 8.54. The third-order valence-electron chi connectivity index (χ3n) is 2.13. The summed E-state index contributed by atoms with van der Waals surface area (Å²) >= 11 is 0. The number of hydrogen-bond acceptors (Lipinski definition) is 2. The fourth-order valence-corrected chi connectivity index (χ4v) is 1.25. The van der Waals surface area contributed by atoms with Crippen LogP contribution in [-0.2, 0) is 5.54 Å². The molecule has 0 bridgehead atoms. The molecular formula is C9H15F2N3. The van der Waals surface area contributed by atoms with Gasteiger partial charge in [-0.25, -0.2) is 13.8 Å². The molecule has 0 radical (unpaired) electrons. The highest BCUT2D eigenvalue weighted by molar-refractivity contribution is 5.11. The summed E-state index contributed by atoms with van der Waals surface area (Å²) in [6.45, 7) is 4.97. The summed E-state index contributed by atoms with van der Waals surface area (Å²) in [7, 11) is 0. The molecule has 1 unspecified atom stereocenters. The van der Waals surface area contributed by atoms with E-state index in [0.717, 1.165) is 0 Å². The van der Waals surface area contributed by atoms with Crippen molar-refractivity contribution in [3.05, 3.63) is 18.2 Å². The quantitative estimate of drug-likeness (QED) is 0.815. The van der Waals surface area contributed by atoms with Gasteiger partial charge in [-0.1, -0.05) is 0 Å². The van der Waals surface area contributed by atoms with Crippen LogP contribution in [0.2, 0.25) is 0 Å². The third-order valence-corrected chi connectivity index (χ3v) is 2.13. The lowest BCUT2D eigenvalue weighted by molar-refractivity contribution is 0.0887. The summed E-state index contributed by atoms with van der Waals surface area (Å²) in [5, 5.41) is 0. The summed E-state index contributed by atoms with van der Waals surface area (Å²) < 4.78 is 26.4. The molecule has 0 saturated heterocycles.